The van der Waals surface area contributed by atoms with Crippen LogP contribution < -0.4 is 19.6 Å². The second-order valence-electron chi connectivity index (χ2n) is 6.51. The van der Waals surface area contributed by atoms with E-state index >= 15 is 0 Å². The summed E-state index contributed by atoms with van der Waals surface area (Å²) in [6.07, 6.45) is 4.21. The first-order valence-corrected chi connectivity index (χ1v) is 9.45. The molecule has 31 heavy (non-hydrogen) atoms. The van der Waals surface area contributed by atoms with Crippen molar-refractivity contribution in [3.8, 4) is 23.0 Å². The fraction of sp³-hybridized carbons (Fsp3) is 0.0400. The summed E-state index contributed by atoms with van der Waals surface area (Å²) in [7, 11) is 1.52. The number of hydrogen-bond donors (Lipinski definition) is 0. The predicted octanol–water partition coefficient (Wildman–Crippen LogP) is 5.21. The molecule has 1 heterocycles. The quantitative estimate of drug-likeness (QED) is 0.245. The van der Waals surface area contributed by atoms with Crippen LogP contribution in [0.15, 0.2) is 94.3 Å². The zero-order valence-electron chi connectivity index (χ0n) is 16.6. The van der Waals surface area contributed by atoms with Gasteiger partial charge in [0.1, 0.15) is 17.6 Å². The van der Waals surface area contributed by atoms with Crippen LogP contribution in [0.5, 0.6) is 23.0 Å². The number of benzene rings is 3. The van der Waals surface area contributed by atoms with Crippen LogP contribution in [-0.4, -0.2) is 13.1 Å². The Morgan fingerprint density at radius 3 is 2.42 bits per heavy atom. The molecule has 0 fully saturated rings. The molecule has 4 rings (SSSR count). The lowest BCUT2D eigenvalue weighted by Gasteiger charge is -2.09. The van der Waals surface area contributed by atoms with Gasteiger partial charge >= 0.3 is 5.97 Å². The molecular formula is C25H18O6. The van der Waals surface area contributed by atoms with Crippen molar-refractivity contribution in [3.05, 3.63) is 101 Å². The summed E-state index contributed by atoms with van der Waals surface area (Å²) in [4.78, 5) is 24.9. The number of fused-ring (bicyclic) bond motifs is 1. The van der Waals surface area contributed by atoms with Gasteiger partial charge < -0.3 is 18.6 Å². The second kappa shape index (κ2) is 9.00. The van der Waals surface area contributed by atoms with Crippen molar-refractivity contribution in [2.24, 2.45) is 0 Å². The number of para-hydroxylation sites is 2. The number of carbonyl (C=O) groups is 1. The van der Waals surface area contributed by atoms with Gasteiger partial charge in [-0.25, -0.2) is 4.79 Å². The van der Waals surface area contributed by atoms with Gasteiger partial charge in [-0.05, 0) is 35.9 Å². The van der Waals surface area contributed by atoms with E-state index in [1.165, 1.54) is 37.6 Å². The summed E-state index contributed by atoms with van der Waals surface area (Å²) >= 11 is 0. The smallest absolute Gasteiger partial charge is 0.336 e. The number of hydrogen-bond acceptors (Lipinski definition) is 6. The molecule has 0 saturated carbocycles. The van der Waals surface area contributed by atoms with Gasteiger partial charge in [-0.2, -0.15) is 0 Å². The minimum Gasteiger partial charge on any atom is -0.493 e. The normalized spacial score (nSPS) is 10.9. The van der Waals surface area contributed by atoms with E-state index in [-0.39, 0.29) is 22.5 Å². The lowest BCUT2D eigenvalue weighted by atomic mass is 10.2. The summed E-state index contributed by atoms with van der Waals surface area (Å²) in [5.41, 5.74) is 0.801. The summed E-state index contributed by atoms with van der Waals surface area (Å²) in [6, 6.07) is 20.9. The van der Waals surface area contributed by atoms with E-state index in [1.807, 2.05) is 30.3 Å². The van der Waals surface area contributed by atoms with E-state index in [4.69, 9.17) is 18.6 Å². The van der Waals surface area contributed by atoms with Crippen molar-refractivity contribution < 1.29 is 23.4 Å². The maximum atomic E-state index is 12.8. The van der Waals surface area contributed by atoms with Crippen molar-refractivity contribution in [2.45, 2.75) is 0 Å². The van der Waals surface area contributed by atoms with Crippen molar-refractivity contribution in [2.75, 3.05) is 7.11 Å². The monoisotopic (exact) mass is 414 g/mol. The Morgan fingerprint density at radius 2 is 1.65 bits per heavy atom. The Hall–Kier alpha value is -4.32. The highest BCUT2D eigenvalue weighted by atomic mass is 16.5. The van der Waals surface area contributed by atoms with E-state index < -0.39 is 5.97 Å². The molecule has 1 aromatic heterocycles. The van der Waals surface area contributed by atoms with Gasteiger partial charge in [0.05, 0.1) is 12.5 Å². The molecular weight excluding hydrogens is 396 g/mol. The van der Waals surface area contributed by atoms with Crippen molar-refractivity contribution in [1.82, 2.24) is 0 Å². The van der Waals surface area contributed by atoms with Crippen molar-refractivity contribution in [1.29, 1.82) is 0 Å². The van der Waals surface area contributed by atoms with Crippen LogP contribution in [0.1, 0.15) is 5.56 Å². The van der Waals surface area contributed by atoms with E-state index in [9.17, 15) is 9.59 Å². The maximum Gasteiger partial charge on any atom is 0.336 e. The standard InChI is InChI=1S/C25H18O6/c1-28-20-9-5-6-10-21(20)31-23-16-29-22-15-18(12-13-19(22)25(23)27)30-24(26)14-11-17-7-3-2-4-8-17/h2-16H,1H3. The third-order valence-electron chi connectivity index (χ3n) is 4.43. The molecule has 154 valence electrons. The number of rotatable bonds is 6. The van der Waals surface area contributed by atoms with Gasteiger partial charge in [0.25, 0.3) is 0 Å². The third-order valence-corrected chi connectivity index (χ3v) is 4.43. The molecule has 0 radical (unpaired) electrons. The predicted molar refractivity (Wildman–Crippen MR) is 117 cm³/mol. The van der Waals surface area contributed by atoms with Crippen LogP contribution in [0, 0.1) is 0 Å². The summed E-state index contributed by atoms with van der Waals surface area (Å²) in [5, 5.41) is 0.298. The zero-order chi connectivity index (χ0) is 21.6. The molecule has 0 aliphatic rings. The first kappa shape index (κ1) is 20.0. The van der Waals surface area contributed by atoms with Gasteiger partial charge in [-0.1, -0.05) is 42.5 Å². The summed E-state index contributed by atoms with van der Waals surface area (Å²) < 4.78 is 21.8. The molecule has 6 nitrogen and oxygen atoms in total. The highest BCUT2D eigenvalue weighted by Gasteiger charge is 2.13. The molecule has 3 aromatic carbocycles. The fourth-order valence-corrected chi connectivity index (χ4v) is 2.93. The van der Waals surface area contributed by atoms with Gasteiger partial charge in [0.15, 0.2) is 11.5 Å². The van der Waals surface area contributed by atoms with Gasteiger partial charge in [0.2, 0.25) is 11.2 Å². The average Bonchev–Trinajstić information content (AvgIpc) is 2.80. The van der Waals surface area contributed by atoms with Crippen LogP contribution >= 0.6 is 0 Å². The second-order valence-corrected chi connectivity index (χ2v) is 6.51. The molecule has 0 amide bonds. The van der Waals surface area contributed by atoms with Gasteiger partial charge in [0, 0.05) is 12.1 Å². The maximum absolute atomic E-state index is 12.8. The van der Waals surface area contributed by atoms with Gasteiger partial charge in [-0.3, -0.25) is 4.79 Å². The van der Waals surface area contributed by atoms with Crippen molar-refractivity contribution in [3.63, 3.8) is 0 Å². The summed E-state index contributed by atoms with van der Waals surface area (Å²) in [5.74, 6) is 0.631. The molecule has 6 heteroatoms. The Kier molecular flexibility index (Phi) is 5.80. The SMILES string of the molecule is COc1ccccc1Oc1coc2cc(OC(=O)C=Cc3ccccc3)ccc2c1=O. The van der Waals surface area contributed by atoms with E-state index in [1.54, 1.807) is 30.3 Å². The minimum atomic E-state index is -0.540. The number of ether oxygens (including phenoxy) is 3. The molecule has 0 saturated heterocycles. The van der Waals surface area contributed by atoms with Crippen LogP contribution in [0.4, 0.5) is 0 Å². The molecule has 4 aromatic rings. The Labute approximate surface area is 177 Å². The number of carbonyl (C=O) groups excluding carboxylic acids is 1. The van der Waals surface area contributed by atoms with E-state index in [0.717, 1.165) is 5.56 Å². The third kappa shape index (κ3) is 4.64. The van der Waals surface area contributed by atoms with Gasteiger partial charge in [-0.15, -0.1) is 0 Å². The minimum absolute atomic E-state index is 0.0209. The van der Waals surface area contributed by atoms with Crippen LogP contribution in [0.25, 0.3) is 17.0 Å². The number of esters is 1. The number of methoxy groups -OCH3 is 1. The lowest BCUT2D eigenvalue weighted by Crippen LogP contribution is -2.07. The van der Waals surface area contributed by atoms with Crippen LogP contribution in [-0.2, 0) is 4.79 Å². The topological polar surface area (TPSA) is 75.0 Å². The molecule has 0 atom stereocenters. The molecule has 0 spiro atoms. The molecule has 0 unspecified atom stereocenters. The molecule has 0 aliphatic heterocycles. The Balaban J connectivity index is 1.54. The largest absolute Gasteiger partial charge is 0.493 e. The van der Waals surface area contributed by atoms with E-state index in [2.05, 4.69) is 0 Å². The molecule has 0 N–H and O–H groups in total. The zero-order valence-corrected chi connectivity index (χ0v) is 16.6. The fourth-order valence-electron chi connectivity index (χ4n) is 2.93. The molecule has 0 bridgehead atoms. The lowest BCUT2D eigenvalue weighted by molar-refractivity contribution is -0.128. The highest BCUT2D eigenvalue weighted by molar-refractivity contribution is 5.89. The van der Waals surface area contributed by atoms with E-state index in [0.29, 0.717) is 16.9 Å². The first-order valence-electron chi connectivity index (χ1n) is 9.45. The van der Waals surface area contributed by atoms with Crippen LogP contribution in [0.3, 0.4) is 0 Å². The Bertz CT molecular complexity index is 1300. The van der Waals surface area contributed by atoms with Crippen LogP contribution in [0.2, 0.25) is 0 Å². The summed E-state index contributed by atoms with van der Waals surface area (Å²) in [6.45, 7) is 0. The Morgan fingerprint density at radius 1 is 0.903 bits per heavy atom. The van der Waals surface area contributed by atoms with Crippen molar-refractivity contribution >= 4 is 23.0 Å². The average molecular weight is 414 g/mol. The molecule has 0 aliphatic carbocycles. The first-order chi connectivity index (χ1) is 15.1. The highest BCUT2D eigenvalue weighted by Crippen LogP contribution is 2.30.